The molecule has 8 nitrogen and oxygen atoms in total. The van der Waals surface area contributed by atoms with E-state index in [1.807, 2.05) is 30.3 Å². The fourth-order valence-corrected chi connectivity index (χ4v) is 2.90. The number of carbonyl (C=O) groups is 2. The molecule has 0 fully saturated rings. The zero-order valence-electron chi connectivity index (χ0n) is 15.9. The lowest BCUT2D eigenvalue weighted by molar-refractivity contribution is -0.665. The molecule has 0 aliphatic heterocycles. The number of hydrogen-bond donors (Lipinski definition) is 1. The second-order valence-corrected chi connectivity index (χ2v) is 6.65. The van der Waals surface area contributed by atoms with Gasteiger partial charge in [0.05, 0.1) is 6.61 Å². The summed E-state index contributed by atoms with van der Waals surface area (Å²) in [6.07, 6.45) is -0.367. The lowest BCUT2D eigenvalue weighted by atomic mass is 10.0. The quantitative estimate of drug-likeness (QED) is 0.492. The fourth-order valence-electron chi connectivity index (χ4n) is 2.77. The SMILES string of the molecule is CCOC(=O)NC(=O)C(CCc1ccccc1)N(Cc1ccc(Cl)cc1)[N+](=O)[O-]. The number of halogens is 1. The monoisotopic (exact) mass is 419 g/mol. The maximum atomic E-state index is 12.7. The minimum Gasteiger partial charge on any atom is -0.450 e. The molecule has 2 amide bonds. The van der Waals surface area contributed by atoms with E-state index in [-0.39, 0.29) is 19.6 Å². The molecular weight excluding hydrogens is 398 g/mol. The highest BCUT2D eigenvalue weighted by Gasteiger charge is 2.34. The van der Waals surface area contributed by atoms with Gasteiger partial charge >= 0.3 is 6.09 Å². The van der Waals surface area contributed by atoms with Crippen LogP contribution < -0.4 is 5.32 Å². The number of aryl methyl sites for hydroxylation is 1. The molecule has 0 aliphatic rings. The Bertz CT molecular complexity index is 830. The predicted molar refractivity (Wildman–Crippen MR) is 108 cm³/mol. The normalized spacial score (nSPS) is 11.4. The second kappa shape index (κ2) is 11.0. The number of ether oxygens (including phenoxy) is 1. The van der Waals surface area contributed by atoms with Crippen LogP contribution in [0.3, 0.4) is 0 Å². The summed E-state index contributed by atoms with van der Waals surface area (Å²) in [4.78, 5) is 36.1. The van der Waals surface area contributed by atoms with Gasteiger partial charge in [0.2, 0.25) is 0 Å². The highest BCUT2D eigenvalue weighted by molar-refractivity contribution is 6.30. The Morgan fingerprint density at radius 2 is 1.79 bits per heavy atom. The van der Waals surface area contributed by atoms with Crippen molar-refractivity contribution in [1.29, 1.82) is 0 Å². The van der Waals surface area contributed by atoms with Gasteiger partial charge in [-0.15, -0.1) is 5.01 Å². The molecule has 0 aliphatic carbocycles. The van der Waals surface area contributed by atoms with Gasteiger partial charge in [0.15, 0.2) is 11.1 Å². The summed E-state index contributed by atoms with van der Waals surface area (Å²) in [5.74, 6) is -0.787. The third kappa shape index (κ3) is 7.08. The molecule has 0 saturated heterocycles. The number of rotatable bonds is 9. The molecule has 0 radical (unpaired) electrons. The number of hydrazine groups is 1. The van der Waals surface area contributed by atoms with Crippen molar-refractivity contribution in [2.45, 2.75) is 32.4 Å². The molecule has 1 N–H and O–H groups in total. The molecule has 0 spiro atoms. The number of benzene rings is 2. The number of nitrogens with one attached hydrogen (secondary N) is 1. The molecule has 0 aromatic heterocycles. The van der Waals surface area contributed by atoms with Crippen molar-refractivity contribution in [3.63, 3.8) is 0 Å². The summed E-state index contributed by atoms with van der Waals surface area (Å²) in [5.41, 5.74) is 1.54. The first kappa shape index (κ1) is 22.2. The highest BCUT2D eigenvalue weighted by Crippen LogP contribution is 2.17. The van der Waals surface area contributed by atoms with E-state index in [1.165, 1.54) is 0 Å². The number of hydrogen-bond acceptors (Lipinski definition) is 5. The predicted octanol–water partition coefficient (Wildman–Crippen LogP) is 3.61. The average molecular weight is 420 g/mol. The van der Waals surface area contributed by atoms with E-state index in [0.29, 0.717) is 17.0 Å². The Morgan fingerprint density at radius 3 is 2.38 bits per heavy atom. The standard InChI is InChI=1S/C20H22ClN3O5/c1-2-29-20(26)22-19(25)18(13-10-15-6-4-3-5-7-15)23(24(27)28)14-16-8-11-17(21)12-9-16/h3-9,11-12,18H,2,10,13-14H2,1H3,(H,22,25,26). The number of imide groups is 1. The van der Waals surface area contributed by atoms with Crippen molar-refractivity contribution in [2.24, 2.45) is 0 Å². The molecule has 0 bridgehead atoms. The molecule has 2 aromatic carbocycles. The van der Waals surface area contributed by atoms with Crippen LogP contribution in [0, 0.1) is 10.1 Å². The first-order chi connectivity index (χ1) is 13.9. The van der Waals surface area contributed by atoms with Gasteiger partial charge < -0.3 is 4.74 Å². The van der Waals surface area contributed by atoms with Crippen molar-refractivity contribution in [3.8, 4) is 0 Å². The van der Waals surface area contributed by atoms with Crippen LogP contribution >= 0.6 is 11.6 Å². The van der Waals surface area contributed by atoms with Gasteiger partial charge in [-0.3, -0.25) is 10.1 Å². The first-order valence-electron chi connectivity index (χ1n) is 9.07. The molecule has 1 unspecified atom stereocenters. The molecule has 2 rings (SSSR count). The molecule has 2 aromatic rings. The van der Waals surface area contributed by atoms with Gasteiger partial charge in [-0.1, -0.05) is 54.1 Å². The lowest BCUT2D eigenvalue weighted by Gasteiger charge is -2.24. The van der Waals surface area contributed by atoms with Crippen molar-refractivity contribution in [2.75, 3.05) is 6.61 Å². The Morgan fingerprint density at radius 1 is 1.14 bits per heavy atom. The zero-order valence-corrected chi connectivity index (χ0v) is 16.7. The number of amides is 2. The number of nitro groups is 1. The van der Waals surface area contributed by atoms with E-state index >= 15 is 0 Å². The highest BCUT2D eigenvalue weighted by atomic mass is 35.5. The Labute approximate surface area is 173 Å². The van der Waals surface area contributed by atoms with Gasteiger partial charge in [0, 0.05) is 5.02 Å². The Kier molecular flexibility index (Phi) is 8.42. The topological polar surface area (TPSA) is 102 Å². The summed E-state index contributed by atoms with van der Waals surface area (Å²) in [6.45, 7) is 1.55. The number of carbonyl (C=O) groups excluding carboxylic acids is 2. The Hall–Kier alpha value is -3.13. The van der Waals surface area contributed by atoms with Crippen molar-refractivity contribution in [3.05, 3.63) is 80.9 Å². The Balaban J connectivity index is 2.22. The lowest BCUT2D eigenvalue weighted by Crippen LogP contribution is -2.50. The average Bonchev–Trinajstić information content (AvgIpc) is 2.69. The van der Waals surface area contributed by atoms with Crippen LogP contribution in [0.4, 0.5) is 4.79 Å². The van der Waals surface area contributed by atoms with E-state index < -0.39 is 23.1 Å². The van der Waals surface area contributed by atoms with E-state index in [9.17, 15) is 19.7 Å². The van der Waals surface area contributed by atoms with Gasteiger partial charge in [0.25, 0.3) is 5.91 Å². The zero-order chi connectivity index (χ0) is 21.2. The molecule has 0 saturated carbocycles. The van der Waals surface area contributed by atoms with E-state index in [0.717, 1.165) is 10.6 Å². The van der Waals surface area contributed by atoms with Crippen LogP contribution in [0.1, 0.15) is 24.5 Å². The van der Waals surface area contributed by atoms with Crippen molar-refractivity contribution >= 4 is 23.6 Å². The van der Waals surface area contributed by atoms with Crippen LogP contribution in [0.5, 0.6) is 0 Å². The minimum atomic E-state index is -1.18. The largest absolute Gasteiger partial charge is 0.450 e. The van der Waals surface area contributed by atoms with Crippen molar-refractivity contribution in [1.82, 2.24) is 10.3 Å². The third-order valence-electron chi connectivity index (χ3n) is 4.18. The molecule has 0 heterocycles. The van der Waals surface area contributed by atoms with Gasteiger partial charge in [-0.2, -0.15) is 0 Å². The maximum Gasteiger partial charge on any atom is 0.413 e. The van der Waals surface area contributed by atoms with Gasteiger partial charge in [0.1, 0.15) is 6.54 Å². The van der Waals surface area contributed by atoms with Crippen LogP contribution in [-0.4, -0.2) is 34.7 Å². The molecule has 1 atom stereocenters. The first-order valence-corrected chi connectivity index (χ1v) is 9.45. The smallest absolute Gasteiger partial charge is 0.413 e. The van der Waals surface area contributed by atoms with Gasteiger partial charge in [-0.25, -0.2) is 14.9 Å². The van der Waals surface area contributed by atoms with E-state index in [2.05, 4.69) is 5.32 Å². The van der Waals surface area contributed by atoms with Crippen LogP contribution in [-0.2, 0) is 22.5 Å². The number of alkyl carbamates (subject to hydrolysis) is 1. The van der Waals surface area contributed by atoms with E-state index in [4.69, 9.17) is 16.3 Å². The number of nitrogens with zero attached hydrogens (tertiary/aromatic N) is 2. The summed E-state index contributed by atoms with van der Waals surface area (Å²) < 4.78 is 4.72. The summed E-state index contributed by atoms with van der Waals surface area (Å²) in [6, 6.07) is 14.7. The molecule has 154 valence electrons. The summed E-state index contributed by atoms with van der Waals surface area (Å²) in [5, 5.41) is 14.5. The van der Waals surface area contributed by atoms with Crippen LogP contribution in [0.25, 0.3) is 0 Å². The van der Waals surface area contributed by atoms with Crippen molar-refractivity contribution < 1.29 is 19.4 Å². The maximum absolute atomic E-state index is 12.7. The molecule has 9 heteroatoms. The minimum absolute atomic E-state index is 0.0809. The third-order valence-corrected chi connectivity index (χ3v) is 4.43. The van der Waals surface area contributed by atoms with Gasteiger partial charge in [-0.05, 0) is 43.0 Å². The molecular formula is C20H22ClN3O5. The van der Waals surface area contributed by atoms with E-state index in [1.54, 1.807) is 31.2 Å². The fraction of sp³-hybridized carbons (Fsp3) is 0.300. The second-order valence-electron chi connectivity index (χ2n) is 6.21. The summed E-state index contributed by atoms with van der Waals surface area (Å²) >= 11 is 5.87. The summed E-state index contributed by atoms with van der Waals surface area (Å²) in [7, 11) is 0. The molecule has 29 heavy (non-hydrogen) atoms. The van der Waals surface area contributed by atoms with Crippen LogP contribution in [0.15, 0.2) is 54.6 Å². The van der Waals surface area contributed by atoms with Crippen LogP contribution in [0.2, 0.25) is 5.02 Å².